The number of phenolic OH excluding ortho intramolecular Hbond substituents is 1. The third-order valence-corrected chi connectivity index (χ3v) is 3.13. The molecule has 1 aromatic rings. The summed E-state index contributed by atoms with van der Waals surface area (Å²) in [6, 6.07) is 2.47. The number of halogens is 2. The van der Waals surface area contributed by atoms with Gasteiger partial charge in [-0.15, -0.1) is 0 Å². The number of rotatable bonds is 2. The second-order valence-electron chi connectivity index (χ2n) is 3.52. The number of benzene rings is 1. The molecule has 2 rings (SSSR count). The van der Waals surface area contributed by atoms with E-state index in [1.807, 2.05) is 0 Å². The highest BCUT2D eigenvalue weighted by Crippen LogP contribution is 2.52. The number of hydrogen-bond donors (Lipinski definition) is 1. The van der Waals surface area contributed by atoms with Gasteiger partial charge >= 0.3 is 0 Å². The van der Waals surface area contributed by atoms with Crippen LogP contribution >= 0.6 is 15.9 Å². The molecule has 0 amide bonds. The van der Waals surface area contributed by atoms with Gasteiger partial charge in [0.1, 0.15) is 17.1 Å². The smallest absolute Gasteiger partial charge is 0.235 e. The average Bonchev–Trinajstić information content (AvgIpc) is 2.93. The molecule has 5 heteroatoms. The summed E-state index contributed by atoms with van der Waals surface area (Å²) >= 11 is 3.03. The Morgan fingerprint density at radius 3 is 2.73 bits per heavy atom. The molecule has 78 valence electrons. The first-order valence-electron chi connectivity index (χ1n) is 4.36. The lowest BCUT2D eigenvalue weighted by molar-refractivity contribution is 0.452. The maximum Gasteiger partial charge on any atom is 0.235 e. The van der Waals surface area contributed by atoms with Crippen molar-refractivity contribution in [2.75, 3.05) is 0 Å². The summed E-state index contributed by atoms with van der Waals surface area (Å²) in [6.45, 7) is 0. The molecule has 1 fully saturated rings. The predicted molar refractivity (Wildman–Crippen MR) is 54.8 cm³/mol. The molecule has 0 saturated heterocycles. The third kappa shape index (κ3) is 1.68. The highest BCUT2D eigenvalue weighted by Gasteiger charge is 2.46. The highest BCUT2D eigenvalue weighted by atomic mass is 79.9. The van der Waals surface area contributed by atoms with Crippen LogP contribution < -0.4 is 0 Å². The monoisotopic (exact) mass is 271 g/mol. The van der Waals surface area contributed by atoms with Gasteiger partial charge in [-0.3, -0.25) is 0 Å². The van der Waals surface area contributed by atoms with Crippen LogP contribution in [0, 0.1) is 5.82 Å². The van der Waals surface area contributed by atoms with E-state index < -0.39 is 11.4 Å². The van der Waals surface area contributed by atoms with Crippen LogP contribution in [-0.4, -0.2) is 11.2 Å². The van der Waals surface area contributed by atoms with Crippen molar-refractivity contribution in [1.82, 2.24) is 0 Å². The van der Waals surface area contributed by atoms with Gasteiger partial charge in [0, 0.05) is 11.6 Å². The lowest BCUT2D eigenvalue weighted by atomic mass is 10.0. The minimum atomic E-state index is -0.679. The van der Waals surface area contributed by atoms with E-state index in [4.69, 9.17) is 0 Å². The predicted octanol–water partition coefficient (Wildman–Crippen LogP) is 2.62. The number of phenols is 1. The lowest BCUT2D eigenvalue weighted by Gasteiger charge is -2.11. The average molecular weight is 272 g/mol. The second-order valence-corrected chi connectivity index (χ2v) is 4.37. The van der Waals surface area contributed by atoms with E-state index in [9.17, 15) is 14.3 Å². The van der Waals surface area contributed by atoms with Crippen molar-refractivity contribution < 1.29 is 14.3 Å². The fourth-order valence-electron chi connectivity index (χ4n) is 1.56. The molecule has 1 aliphatic carbocycles. The first-order valence-corrected chi connectivity index (χ1v) is 5.16. The molecule has 1 N–H and O–H groups in total. The van der Waals surface area contributed by atoms with Gasteiger partial charge in [-0.2, -0.15) is 4.99 Å². The van der Waals surface area contributed by atoms with Crippen molar-refractivity contribution in [2.45, 2.75) is 18.4 Å². The summed E-state index contributed by atoms with van der Waals surface area (Å²) in [5.74, 6) is -0.714. The topological polar surface area (TPSA) is 49.7 Å². The standard InChI is InChI=1S/C10H7BrFNO2/c11-7-3-6(9(15)4-8(7)12)10(1-2-10)13-5-14/h3-4,15H,1-2H2. The van der Waals surface area contributed by atoms with Crippen molar-refractivity contribution in [3.05, 3.63) is 28.0 Å². The summed E-state index contributed by atoms with van der Waals surface area (Å²) in [4.78, 5) is 13.9. The molecule has 1 aromatic carbocycles. The second kappa shape index (κ2) is 3.43. The molecule has 0 spiro atoms. The van der Waals surface area contributed by atoms with E-state index in [2.05, 4.69) is 20.9 Å². The number of aliphatic imine (C=N–C) groups is 1. The van der Waals surface area contributed by atoms with Gasteiger partial charge in [0.05, 0.1) is 4.47 Å². The van der Waals surface area contributed by atoms with Crippen LogP contribution in [0.5, 0.6) is 5.75 Å². The first kappa shape index (κ1) is 10.3. The Morgan fingerprint density at radius 1 is 1.53 bits per heavy atom. The van der Waals surface area contributed by atoms with Crippen molar-refractivity contribution in [1.29, 1.82) is 0 Å². The molecular weight excluding hydrogens is 265 g/mol. The Morgan fingerprint density at radius 2 is 2.20 bits per heavy atom. The Bertz CT molecular complexity index is 465. The summed E-state index contributed by atoms with van der Waals surface area (Å²) in [7, 11) is 0. The minimum Gasteiger partial charge on any atom is -0.507 e. The SMILES string of the molecule is O=C=NC1(c2cc(Br)c(F)cc2O)CC1. The summed E-state index contributed by atoms with van der Waals surface area (Å²) in [5, 5.41) is 9.57. The van der Waals surface area contributed by atoms with E-state index >= 15 is 0 Å². The maximum absolute atomic E-state index is 13.0. The van der Waals surface area contributed by atoms with Crippen molar-refractivity contribution in [3.63, 3.8) is 0 Å². The van der Waals surface area contributed by atoms with Crippen molar-refractivity contribution in [2.24, 2.45) is 4.99 Å². The first-order chi connectivity index (χ1) is 7.09. The third-order valence-electron chi connectivity index (χ3n) is 2.52. The van der Waals surface area contributed by atoms with Crippen LogP contribution in [0.4, 0.5) is 4.39 Å². The van der Waals surface area contributed by atoms with Gasteiger partial charge < -0.3 is 5.11 Å². The van der Waals surface area contributed by atoms with Crippen LogP contribution in [0.25, 0.3) is 0 Å². The zero-order chi connectivity index (χ0) is 11.1. The van der Waals surface area contributed by atoms with Gasteiger partial charge in [-0.25, -0.2) is 9.18 Å². The summed E-state index contributed by atoms with van der Waals surface area (Å²) in [6.07, 6.45) is 2.83. The Kier molecular flexibility index (Phi) is 2.37. The molecule has 0 heterocycles. The van der Waals surface area contributed by atoms with E-state index in [1.165, 1.54) is 12.1 Å². The maximum atomic E-state index is 13.0. The van der Waals surface area contributed by atoms with Gasteiger partial charge in [0.25, 0.3) is 0 Å². The number of hydrogen-bond acceptors (Lipinski definition) is 3. The van der Waals surface area contributed by atoms with Crippen LogP contribution in [0.1, 0.15) is 18.4 Å². The quantitative estimate of drug-likeness (QED) is 0.664. The Balaban J connectivity index is 2.54. The number of carbonyl (C=O) groups excluding carboxylic acids is 1. The van der Waals surface area contributed by atoms with E-state index in [-0.39, 0.29) is 10.2 Å². The van der Waals surface area contributed by atoms with Crippen LogP contribution in [0.2, 0.25) is 0 Å². The van der Waals surface area contributed by atoms with Gasteiger partial charge in [-0.05, 0) is 34.8 Å². The Hall–Kier alpha value is -1.19. The highest BCUT2D eigenvalue weighted by molar-refractivity contribution is 9.10. The number of nitrogens with zero attached hydrogens (tertiary/aromatic N) is 1. The van der Waals surface area contributed by atoms with Crippen LogP contribution in [0.15, 0.2) is 21.6 Å². The molecular formula is C10H7BrFNO2. The van der Waals surface area contributed by atoms with E-state index in [1.54, 1.807) is 0 Å². The fraction of sp³-hybridized carbons (Fsp3) is 0.300. The van der Waals surface area contributed by atoms with Crippen LogP contribution in [-0.2, 0) is 10.3 Å². The molecule has 3 nitrogen and oxygen atoms in total. The number of aromatic hydroxyl groups is 1. The largest absolute Gasteiger partial charge is 0.507 e. The molecule has 15 heavy (non-hydrogen) atoms. The Labute approximate surface area is 93.8 Å². The van der Waals surface area contributed by atoms with E-state index in [0.717, 1.165) is 6.07 Å². The molecule has 0 aromatic heterocycles. The van der Waals surface area contributed by atoms with E-state index in [0.29, 0.717) is 18.4 Å². The normalized spacial score (nSPS) is 16.9. The lowest BCUT2D eigenvalue weighted by Crippen LogP contribution is -2.03. The summed E-state index contributed by atoms with van der Waals surface area (Å²) in [5.41, 5.74) is -0.207. The van der Waals surface area contributed by atoms with Crippen molar-refractivity contribution >= 4 is 22.0 Å². The molecule has 0 aliphatic heterocycles. The molecule has 0 unspecified atom stereocenters. The molecule has 0 atom stereocenters. The van der Waals surface area contributed by atoms with Crippen molar-refractivity contribution in [3.8, 4) is 5.75 Å². The van der Waals surface area contributed by atoms with Crippen LogP contribution in [0.3, 0.4) is 0 Å². The minimum absolute atomic E-state index is 0.174. The van der Waals surface area contributed by atoms with Gasteiger partial charge in [0.15, 0.2) is 0 Å². The zero-order valence-corrected chi connectivity index (χ0v) is 9.21. The molecule has 0 radical (unpaired) electrons. The fourth-order valence-corrected chi connectivity index (χ4v) is 1.90. The van der Waals surface area contributed by atoms with Gasteiger partial charge in [-0.1, -0.05) is 0 Å². The molecule has 1 aliphatic rings. The van der Waals surface area contributed by atoms with Gasteiger partial charge in [0.2, 0.25) is 6.08 Å². The molecule has 1 saturated carbocycles. The number of isocyanates is 1. The summed E-state index contributed by atoms with van der Waals surface area (Å²) < 4.78 is 13.3. The zero-order valence-electron chi connectivity index (χ0n) is 7.63. The molecule has 0 bridgehead atoms.